The van der Waals surface area contributed by atoms with E-state index in [-0.39, 0.29) is 5.91 Å². The zero-order valence-electron chi connectivity index (χ0n) is 15.3. The number of nitrogens with one attached hydrogen (secondary N) is 1. The van der Waals surface area contributed by atoms with Gasteiger partial charge in [0, 0.05) is 31.7 Å². The van der Waals surface area contributed by atoms with Crippen LogP contribution in [0.1, 0.15) is 35.2 Å². The molecule has 1 atom stereocenters. The molecule has 0 spiro atoms. The number of ether oxygens (including phenoxy) is 1. The van der Waals surface area contributed by atoms with Crippen LogP contribution in [-0.2, 0) is 6.42 Å². The van der Waals surface area contributed by atoms with Gasteiger partial charge in [0.25, 0.3) is 5.91 Å². The molecule has 1 amide bonds. The van der Waals surface area contributed by atoms with Crippen LogP contribution in [0.5, 0.6) is 5.75 Å². The van der Waals surface area contributed by atoms with Crippen molar-refractivity contribution in [3.63, 3.8) is 0 Å². The van der Waals surface area contributed by atoms with Gasteiger partial charge in [0.1, 0.15) is 11.6 Å². The molecular weight excluding hydrogens is 362 g/mol. The third-order valence-corrected chi connectivity index (χ3v) is 5.53. The van der Waals surface area contributed by atoms with Crippen LogP contribution < -0.4 is 10.1 Å². The summed E-state index contributed by atoms with van der Waals surface area (Å²) in [7, 11) is 0. The van der Waals surface area contributed by atoms with E-state index in [2.05, 4.69) is 16.4 Å². The van der Waals surface area contributed by atoms with E-state index < -0.39 is 0 Å². The number of para-hydroxylation sites is 1. The number of likely N-dealkylation sites (tertiary alicyclic amines) is 1. The highest BCUT2D eigenvalue weighted by atomic mass is 35.5. The minimum Gasteiger partial charge on any atom is -0.493 e. The van der Waals surface area contributed by atoms with Crippen molar-refractivity contribution in [1.82, 2.24) is 9.88 Å². The summed E-state index contributed by atoms with van der Waals surface area (Å²) in [6.07, 6.45) is 5.92. The lowest BCUT2D eigenvalue weighted by molar-refractivity contribution is 0.0724. The highest BCUT2D eigenvalue weighted by Crippen LogP contribution is 2.28. The minimum absolute atomic E-state index is 0.0212. The van der Waals surface area contributed by atoms with Crippen molar-refractivity contribution in [2.24, 2.45) is 5.92 Å². The third-order valence-electron chi connectivity index (χ3n) is 5.25. The molecule has 2 aliphatic heterocycles. The predicted molar refractivity (Wildman–Crippen MR) is 107 cm³/mol. The van der Waals surface area contributed by atoms with E-state index in [1.807, 2.05) is 23.1 Å². The smallest absolute Gasteiger partial charge is 0.255 e. The summed E-state index contributed by atoms with van der Waals surface area (Å²) >= 11 is 6.38. The molecule has 142 valence electrons. The van der Waals surface area contributed by atoms with Crippen molar-refractivity contribution in [2.45, 2.75) is 25.7 Å². The molecule has 1 N–H and O–H groups in total. The monoisotopic (exact) mass is 385 g/mol. The zero-order chi connectivity index (χ0) is 18.6. The second kappa shape index (κ2) is 8.17. The van der Waals surface area contributed by atoms with Crippen LogP contribution >= 0.6 is 11.6 Å². The summed E-state index contributed by atoms with van der Waals surface area (Å²) in [4.78, 5) is 18.9. The Hall–Kier alpha value is -2.27. The second-order valence-electron chi connectivity index (χ2n) is 7.28. The lowest BCUT2D eigenvalue weighted by atomic mass is 9.97. The first-order valence-electron chi connectivity index (χ1n) is 9.60. The van der Waals surface area contributed by atoms with Gasteiger partial charge in [0.2, 0.25) is 0 Å². The molecule has 6 heteroatoms. The van der Waals surface area contributed by atoms with Gasteiger partial charge < -0.3 is 15.0 Å². The number of pyridine rings is 1. The Balaban J connectivity index is 1.36. The van der Waals surface area contributed by atoms with E-state index in [1.54, 1.807) is 12.3 Å². The van der Waals surface area contributed by atoms with Gasteiger partial charge in [-0.25, -0.2) is 4.98 Å². The summed E-state index contributed by atoms with van der Waals surface area (Å²) in [6, 6.07) is 9.87. The molecule has 0 aliphatic carbocycles. The van der Waals surface area contributed by atoms with Crippen molar-refractivity contribution >= 4 is 23.3 Å². The van der Waals surface area contributed by atoms with E-state index in [4.69, 9.17) is 16.3 Å². The third kappa shape index (κ3) is 4.19. The van der Waals surface area contributed by atoms with Gasteiger partial charge in [0.05, 0.1) is 17.2 Å². The second-order valence-corrected chi connectivity index (χ2v) is 7.68. The number of aromatic nitrogens is 1. The number of carbonyl (C=O) groups is 1. The van der Waals surface area contributed by atoms with Crippen molar-refractivity contribution in [3.05, 3.63) is 52.7 Å². The maximum atomic E-state index is 12.6. The number of amides is 1. The first-order chi connectivity index (χ1) is 13.2. The first-order valence-corrected chi connectivity index (χ1v) is 9.98. The standard InChI is InChI=1S/C21H24ClN3O2/c22-18-11-17(21(26)25-8-4-1-5-9-25)13-24-20(18)23-12-15-10-16-6-2-3-7-19(16)27-14-15/h2-3,6-7,11,13,15H,1,4-5,8-10,12,14H2,(H,23,24)/t15-/m1/s1. The van der Waals surface area contributed by atoms with E-state index >= 15 is 0 Å². The summed E-state index contributed by atoms with van der Waals surface area (Å²) in [5, 5.41) is 3.79. The number of nitrogens with zero attached hydrogens (tertiary/aromatic N) is 2. The normalized spacial score (nSPS) is 19.1. The number of piperidine rings is 1. The van der Waals surface area contributed by atoms with Gasteiger partial charge in [-0.3, -0.25) is 4.79 Å². The van der Waals surface area contributed by atoms with Crippen LogP contribution in [0.2, 0.25) is 5.02 Å². The van der Waals surface area contributed by atoms with Crippen LogP contribution in [0.25, 0.3) is 0 Å². The molecule has 4 rings (SSSR count). The van der Waals surface area contributed by atoms with Gasteiger partial charge in [0.15, 0.2) is 0 Å². The van der Waals surface area contributed by atoms with Gasteiger partial charge in [-0.05, 0) is 43.4 Å². The molecule has 5 nitrogen and oxygen atoms in total. The number of fused-ring (bicyclic) bond motifs is 1. The van der Waals surface area contributed by atoms with Crippen LogP contribution in [0, 0.1) is 5.92 Å². The molecule has 3 heterocycles. The highest BCUT2D eigenvalue weighted by Gasteiger charge is 2.21. The fourth-order valence-corrected chi connectivity index (χ4v) is 3.96. The molecule has 0 bridgehead atoms. The summed E-state index contributed by atoms with van der Waals surface area (Å²) < 4.78 is 5.83. The van der Waals surface area contributed by atoms with Crippen LogP contribution in [0.3, 0.4) is 0 Å². The van der Waals surface area contributed by atoms with E-state index in [9.17, 15) is 4.79 Å². The summed E-state index contributed by atoms with van der Waals surface area (Å²) in [5.41, 5.74) is 1.79. The largest absolute Gasteiger partial charge is 0.493 e. The molecule has 1 saturated heterocycles. The molecule has 27 heavy (non-hydrogen) atoms. The molecule has 2 aromatic rings. The number of benzene rings is 1. The fourth-order valence-electron chi connectivity index (χ4n) is 3.73. The van der Waals surface area contributed by atoms with Gasteiger partial charge in [-0.2, -0.15) is 0 Å². The summed E-state index contributed by atoms with van der Waals surface area (Å²) in [5.74, 6) is 1.97. The maximum Gasteiger partial charge on any atom is 0.255 e. The minimum atomic E-state index is 0.0212. The Morgan fingerprint density at radius 3 is 2.89 bits per heavy atom. The fraction of sp³-hybridized carbons (Fsp3) is 0.429. The number of rotatable bonds is 4. The maximum absolute atomic E-state index is 12.6. The van der Waals surface area contributed by atoms with Crippen molar-refractivity contribution in [1.29, 1.82) is 0 Å². The lowest BCUT2D eigenvalue weighted by Gasteiger charge is -2.27. The van der Waals surface area contributed by atoms with E-state index in [0.29, 0.717) is 28.9 Å². The molecule has 1 fully saturated rings. The number of hydrogen-bond acceptors (Lipinski definition) is 4. The Morgan fingerprint density at radius 2 is 2.07 bits per heavy atom. The summed E-state index contributed by atoms with van der Waals surface area (Å²) in [6.45, 7) is 3.03. The Kier molecular flexibility index (Phi) is 5.48. The van der Waals surface area contributed by atoms with Crippen molar-refractivity contribution < 1.29 is 9.53 Å². The number of hydrogen-bond donors (Lipinski definition) is 1. The molecule has 0 unspecified atom stereocenters. The molecule has 1 aromatic carbocycles. The SMILES string of the molecule is O=C(c1cnc(NC[C@@H]2COc3ccccc3C2)c(Cl)c1)N1CCCCC1. The molecule has 0 radical (unpaired) electrons. The molecule has 1 aromatic heterocycles. The van der Waals surface area contributed by atoms with Gasteiger partial charge >= 0.3 is 0 Å². The quantitative estimate of drug-likeness (QED) is 0.863. The Morgan fingerprint density at radius 1 is 1.26 bits per heavy atom. The Bertz CT molecular complexity index is 821. The molecular formula is C21H24ClN3O2. The predicted octanol–water partition coefficient (Wildman–Crippen LogP) is 4.02. The average molecular weight is 386 g/mol. The van der Waals surface area contributed by atoms with Gasteiger partial charge in [-0.1, -0.05) is 29.8 Å². The van der Waals surface area contributed by atoms with E-state index in [1.165, 1.54) is 12.0 Å². The Labute approximate surface area is 164 Å². The number of anilines is 1. The van der Waals surface area contributed by atoms with Crippen LogP contribution in [0.4, 0.5) is 5.82 Å². The lowest BCUT2D eigenvalue weighted by Crippen LogP contribution is -2.35. The molecule has 2 aliphatic rings. The number of halogens is 1. The van der Waals surface area contributed by atoms with Gasteiger partial charge in [-0.15, -0.1) is 0 Å². The van der Waals surface area contributed by atoms with Crippen molar-refractivity contribution in [2.75, 3.05) is 31.6 Å². The first kappa shape index (κ1) is 18.1. The van der Waals surface area contributed by atoms with Crippen LogP contribution in [-0.4, -0.2) is 42.0 Å². The number of carbonyl (C=O) groups excluding carboxylic acids is 1. The van der Waals surface area contributed by atoms with Crippen molar-refractivity contribution in [3.8, 4) is 5.75 Å². The van der Waals surface area contributed by atoms with Crippen LogP contribution in [0.15, 0.2) is 36.5 Å². The topological polar surface area (TPSA) is 54.5 Å². The average Bonchev–Trinajstić information content (AvgIpc) is 2.73. The highest BCUT2D eigenvalue weighted by molar-refractivity contribution is 6.33. The molecule has 0 saturated carbocycles. The zero-order valence-corrected chi connectivity index (χ0v) is 16.0. The van der Waals surface area contributed by atoms with E-state index in [0.717, 1.165) is 44.6 Å².